The quantitative estimate of drug-likeness (QED) is 0.817. The first kappa shape index (κ1) is 13.5. The van der Waals surface area contributed by atoms with Crippen molar-refractivity contribution in [2.24, 2.45) is 0 Å². The molecular weight excluding hydrogens is 244 g/mol. The highest BCUT2D eigenvalue weighted by Gasteiger charge is 2.28. The van der Waals surface area contributed by atoms with Crippen LogP contribution in [0.2, 0.25) is 0 Å². The molecule has 1 unspecified atom stereocenters. The number of carbonyl (C=O) groups excluding carboxylic acids is 2. The molecule has 5 nitrogen and oxygen atoms in total. The average Bonchev–Trinajstić information content (AvgIpc) is 2.45. The lowest BCUT2D eigenvalue weighted by Crippen LogP contribution is -2.44. The van der Waals surface area contributed by atoms with Gasteiger partial charge in [0.25, 0.3) is 0 Å². The van der Waals surface area contributed by atoms with Gasteiger partial charge in [-0.25, -0.2) is 0 Å². The molecule has 0 aromatic heterocycles. The van der Waals surface area contributed by atoms with E-state index in [1.165, 1.54) is 7.05 Å². The molecule has 1 aromatic rings. The molecule has 19 heavy (non-hydrogen) atoms. The Bertz CT molecular complexity index is 487. The SMILES string of the molecule is CNC(=O)CC(=O)N1CC(OC)Cc2ccccc21. The molecule has 1 N–H and O–H groups in total. The van der Waals surface area contributed by atoms with Crippen molar-refractivity contribution in [1.29, 1.82) is 0 Å². The number of anilines is 1. The average molecular weight is 262 g/mol. The Balaban J connectivity index is 2.24. The van der Waals surface area contributed by atoms with Crippen LogP contribution in [0.15, 0.2) is 24.3 Å². The van der Waals surface area contributed by atoms with Crippen molar-refractivity contribution in [2.45, 2.75) is 18.9 Å². The summed E-state index contributed by atoms with van der Waals surface area (Å²) >= 11 is 0. The maximum Gasteiger partial charge on any atom is 0.236 e. The Morgan fingerprint density at radius 2 is 2.16 bits per heavy atom. The summed E-state index contributed by atoms with van der Waals surface area (Å²) in [7, 11) is 3.16. The monoisotopic (exact) mass is 262 g/mol. The fraction of sp³-hybridized carbons (Fsp3) is 0.429. The number of fused-ring (bicyclic) bond motifs is 1. The van der Waals surface area contributed by atoms with Gasteiger partial charge in [-0.3, -0.25) is 9.59 Å². The maximum absolute atomic E-state index is 12.2. The molecule has 1 heterocycles. The van der Waals surface area contributed by atoms with Gasteiger partial charge in [-0.15, -0.1) is 0 Å². The van der Waals surface area contributed by atoms with Crippen molar-refractivity contribution in [2.75, 3.05) is 25.6 Å². The first-order valence-corrected chi connectivity index (χ1v) is 6.27. The van der Waals surface area contributed by atoms with E-state index in [0.29, 0.717) is 6.54 Å². The standard InChI is InChI=1S/C14H18N2O3/c1-15-13(17)8-14(18)16-9-11(19-2)7-10-5-3-4-6-12(10)16/h3-6,11H,7-9H2,1-2H3,(H,15,17). The summed E-state index contributed by atoms with van der Waals surface area (Å²) in [5.41, 5.74) is 1.95. The van der Waals surface area contributed by atoms with Gasteiger partial charge in [0.15, 0.2) is 0 Å². The minimum Gasteiger partial charge on any atom is -0.379 e. The van der Waals surface area contributed by atoms with Gasteiger partial charge in [0.05, 0.1) is 12.6 Å². The van der Waals surface area contributed by atoms with Gasteiger partial charge >= 0.3 is 0 Å². The van der Waals surface area contributed by atoms with Crippen LogP contribution in [0.25, 0.3) is 0 Å². The van der Waals surface area contributed by atoms with E-state index in [0.717, 1.165) is 17.7 Å². The van der Waals surface area contributed by atoms with Gasteiger partial charge in [0.2, 0.25) is 11.8 Å². The first-order chi connectivity index (χ1) is 9.15. The molecular formula is C14H18N2O3. The van der Waals surface area contributed by atoms with Crippen LogP contribution in [0.3, 0.4) is 0 Å². The molecule has 0 fully saturated rings. The Hall–Kier alpha value is -1.88. The van der Waals surface area contributed by atoms with Crippen molar-refractivity contribution in [3.05, 3.63) is 29.8 Å². The predicted molar refractivity (Wildman–Crippen MR) is 72.0 cm³/mol. The smallest absolute Gasteiger partial charge is 0.236 e. The Kier molecular flexibility index (Phi) is 4.16. The lowest BCUT2D eigenvalue weighted by Gasteiger charge is -2.33. The molecule has 1 aliphatic rings. The summed E-state index contributed by atoms with van der Waals surface area (Å²) in [6.45, 7) is 0.489. The number of para-hydroxylation sites is 1. The summed E-state index contributed by atoms with van der Waals surface area (Å²) in [5, 5.41) is 2.47. The lowest BCUT2D eigenvalue weighted by molar-refractivity contribution is -0.127. The van der Waals surface area contributed by atoms with E-state index in [-0.39, 0.29) is 24.3 Å². The highest BCUT2D eigenvalue weighted by molar-refractivity contribution is 6.05. The van der Waals surface area contributed by atoms with E-state index >= 15 is 0 Å². The second-order valence-corrected chi connectivity index (χ2v) is 4.54. The maximum atomic E-state index is 12.2. The Morgan fingerprint density at radius 3 is 2.84 bits per heavy atom. The second-order valence-electron chi connectivity index (χ2n) is 4.54. The second kappa shape index (κ2) is 5.84. The summed E-state index contributed by atoms with van der Waals surface area (Å²) in [4.78, 5) is 25.2. The summed E-state index contributed by atoms with van der Waals surface area (Å²) in [6.07, 6.45) is 0.626. The number of ether oxygens (including phenoxy) is 1. The van der Waals surface area contributed by atoms with Gasteiger partial charge in [-0.05, 0) is 11.6 Å². The number of carbonyl (C=O) groups is 2. The largest absolute Gasteiger partial charge is 0.379 e. The van der Waals surface area contributed by atoms with Crippen molar-refractivity contribution >= 4 is 17.5 Å². The zero-order chi connectivity index (χ0) is 13.8. The lowest BCUT2D eigenvalue weighted by atomic mass is 9.99. The molecule has 0 bridgehead atoms. The topological polar surface area (TPSA) is 58.6 Å². The number of benzene rings is 1. The minimum absolute atomic E-state index is 0.0245. The number of amides is 2. The molecule has 1 atom stereocenters. The van der Waals surface area contributed by atoms with Crippen LogP contribution in [-0.4, -0.2) is 38.6 Å². The number of hydrogen-bond donors (Lipinski definition) is 1. The fourth-order valence-corrected chi connectivity index (χ4v) is 2.27. The Labute approximate surface area is 112 Å². The molecule has 0 saturated heterocycles. The predicted octanol–water partition coefficient (Wildman–Crippen LogP) is 0.727. The number of hydrogen-bond acceptors (Lipinski definition) is 3. The zero-order valence-electron chi connectivity index (χ0n) is 11.2. The zero-order valence-corrected chi connectivity index (χ0v) is 11.2. The van der Waals surface area contributed by atoms with Gasteiger partial charge in [-0.2, -0.15) is 0 Å². The van der Waals surface area contributed by atoms with Crippen molar-refractivity contribution in [1.82, 2.24) is 5.32 Å². The molecule has 0 radical (unpaired) electrons. The summed E-state index contributed by atoms with van der Waals surface area (Å²) < 4.78 is 5.37. The Morgan fingerprint density at radius 1 is 1.42 bits per heavy atom. The number of nitrogens with one attached hydrogen (secondary N) is 1. The molecule has 1 aromatic carbocycles. The van der Waals surface area contributed by atoms with Gasteiger partial charge in [-0.1, -0.05) is 18.2 Å². The van der Waals surface area contributed by atoms with Crippen LogP contribution in [-0.2, 0) is 20.7 Å². The number of methoxy groups -OCH3 is 1. The van der Waals surface area contributed by atoms with E-state index in [2.05, 4.69) is 5.32 Å². The highest BCUT2D eigenvalue weighted by Crippen LogP contribution is 2.28. The molecule has 0 spiro atoms. The highest BCUT2D eigenvalue weighted by atomic mass is 16.5. The van der Waals surface area contributed by atoms with E-state index in [1.54, 1.807) is 12.0 Å². The van der Waals surface area contributed by atoms with Crippen molar-refractivity contribution < 1.29 is 14.3 Å². The van der Waals surface area contributed by atoms with Crippen LogP contribution in [0, 0.1) is 0 Å². The van der Waals surface area contributed by atoms with E-state index in [9.17, 15) is 9.59 Å². The molecule has 2 rings (SSSR count). The molecule has 5 heteroatoms. The molecule has 0 aliphatic carbocycles. The molecule has 2 amide bonds. The van der Waals surface area contributed by atoms with Crippen molar-refractivity contribution in [3.8, 4) is 0 Å². The summed E-state index contributed by atoms with van der Waals surface area (Å²) in [5.74, 6) is -0.476. The van der Waals surface area contributed by atoms with E-state index in [1.807, 2.05) is 24.3 Å². The molecule has 1 aliphatic heterocycles. The minimum atomic E-state index is -0.276. The van der Waals surface area contributed by atoms with Gasteiger partial charge < -0.3 is 15.0 Å². The van der Waals surface area contributed by atoms with Crippen LogP contribution in [0.4, 0.5) is 5.69 Å². The summed E-state index contributed by atoms with van der Waals surface area (Å²) in [6, 6.07) is 7.73. The van der Waals surface area contributed by atoms with Crippen LogP contribution in [0.1, 0.15) is 12.0 Å². The third-order valence-corrected chi connectivity index (χ3v) is 3.34. The van der Waals surface area contributed by atoms with Crippen molar-refractivity contribution in [3.63, 3.8) is 0 Å². The van der Waals surface area contributed by atoms with E-state index in [4.69, 9.17) is 4.74 Å². The van der Waals surface area contributed by atoms with Crippen LogP contribution in [0.5, 0.6) is 0 Å². The van der Waals surface area contributed by atoms with Crippen LogP contribution >= 0.6 is 0 Å². The number of rotatable bonds is 3. The fourth-order valence-electron chi connectivity index (χ4n) is 2.27. The van der Waals surface area contributed by atoms with Crippen LogP contribution < -0.4 is 10.2 Å². The first-order valence-electron chi connectivity index (χ1n) is 6.27. The molecule has 102 valence electrons. The third-order valence-electron chi connectivity index (χ3n) is 3.34. The van der Waals surface area contributed by atoms with Gasteiger partial charge in [0.1, 0.15) is 6.42 Å². The van der Waals surface area contributed by atoms with Gasteiger partial charge in [0, 0.05) is 26.3 Å². The molecule has 0 saturated carbocycles. The third kappa shape index (κ3) is 2.93. The number of nitrogens with zero attached hydrogens (tertiary/aromatic N) is 1. The van der Waals surface area contributed by atoms with E-state index < -0.39 is 0 Å². The normalized spacial score (nSPS) is 17.8.